The maximum absolute atomic E-state index is 12.0. The van der Waals surface area contributed by atoms with Crippen molar-refractivity contribution in [1.82, 2.24) is 19.5 Å². The number of anilines is 1. The maximum atomic E-state index is 12.0. The fourth-order valence-corrected chi connectivity index (χ4v) is 4.64. The Labute approximate surface area is 185 Å². The highest BCUT2D eigenvalue weighted by Gasteiger charge is 2.37. The molecule has 3 heterocycles. The van der Waals surface area contributed by atoms with E-state index in [9.17, 15) is 14.5 Å². The summed E-state index contributed by atoms with van der Waals surface area (Å²) >= 11 is 1.03. The Morgan fingerprint density at radius 2 is 2.19 bits per heavy atom. The van der Waals surface area contributed by atoms with Crippen molar-refractivity contribution in [3.8, 4) is 0 Å². The maximum Gasteiger partial charge on any atom is 0.697 e. The van der Waals surface area contributed by atoms with E-state index >= 15 is 0 Å². The molecule has 1 aliphatic rings. The minimum atomic E-state index is -2.33. The number of nitrogens with two attached hydrogens (primary N) is 1. The highest BCUT2D eigenvalue weighted by molar-refractivity contribution is 8.13. The highest BCUT2D eigenvalue weighted by Crippen LogP contribution is 2.37. The normalized spacial score (nSPS) is 22.2. The van der Waals surface area contributed by atoms with Gasteiger partial charge in [-0.05, 0) is 20.3 Å². The second-order valence-electron chi connectivity index (χ2n) is 7.98. The molecule has 2 aromatic heterocycles. The van der Waals surface area contributed by atoms with Gasteiger partial charge < -0.3 is 15.6 Å². The second kappa shape index (κ2) is 10.3. The van der Waals surface area contributed by atoms with Crippen molar-refractivity contribution in [2.45, 2.75) is 39.5 Å². The molecule has 0 aliphatic carbocycles. The van der Waals surface area contributed by atoms with Crippen molar-refractivity contribution >= 4 is 42.1 Å². The van der Waals surface area contributed by atoms with Gasteiger partial charge in [-0.1, -0.05) is 18.7 Å². The fraction of sp³-hybridized carbons (Fsp3) is 0.667. The SMILES string of the molecule is CC1CC(CO[P+](=O)OCCSC(=O)C(C)(C)CO)OC1n1cnc2c(N)ncnc21. The Bertz CT molecular complexity index is 941. The number of nitrogens with zero attached hydrogens (tertiary/aromatic N) is 4. The molecule has 1 aliphatic heterocycles. The molecule has 1 saturated heterocycles. The van der Waals surface area contributed by atoms with Gasteiger partial charge >= 0.3 is 8.25 Å². The fourth-order valence-electron chi connectivity index (χ4n) is 3.11. The number of hydrogen-bond acceptors (Lipinski definition) is 11. The number of ether oxygens (including phenoxy) is 1. The summed E-state index contributed by atoms with van der Waals surface area (Å²) in [6.45, 7) is 5.35. The van der Waals surface area contributed by atoms with Gasteiger partial charge in [0.1, 0.15) is 31.3 Å². The quantitative estimate of drug-likeness (QED) is 0.387. The number of aliphatic hydroxyl groups is 1. The standard InChI is InChI=1S/C18H27N5O6PS/c1-11-6-12(7-28-30(26)27-4-5-31-17(25)18(2,3)8-24)29-16(11)23-10-22-13-14(19)20-9-21-15(13)23/h9-12,16,24H,4-8H2,1-3H3,(H2,19,20,21)/q+1. The van der Waals surface area contributed by atoms with E-state index < -0.39 is 13.7 Å². The van der Waals surface area contributed by atoms with Crippen LogP contribution in [0.5, 0.6) is 0 Å². The summed E-state index contributed by atoms with van der Waals surface area (Å²) in [6, 6.07) is 0. The molecule has 3 rings (SSSR count). The van der Waals surface area contributed by atoms with Gasteiger partial charge in [0.05, 0.1) is 24.5 Å². The Morgan fingerprint density at radius 1 is 1.42 bits per heavy atom. The van der Waals surface area contributed by atoms with Crippen molar-refractivity contribution in [2.75, 3.05) is 31.3 Å². The lowest BCUT2D eigenvalue weighted by Gasteiger charge is -2.18. The first-order chi connectivity index (χ1) is 14.7. The van der Waals surface area contributed by atoms with Crippen LogP contribution in [0.3, 0.4) is 0 Å². The van der Waals surface area contributed by atoms with Crippen molar-refractivity contribution in [3.63, 3.8) is 0 Å². The van der Waals surface area contributed by atoms with Crippen LogP contribution >= 0.6 is 20.0 Å². The lowest BCUT2D eigenvalue weighted by molar-refractivity contribution is -0.119. The van der Waals surface area contributed by atoms with Crippen LogP contribution in [-0.4, -0.2) is 61.4 Å². The molecule has 3 N–H and O–H groups in total. The molecule has 170 valence electrons. The van der Waals surface area contributed by atoms with E-state index in [1.807, 2.05) is 11.5 Å². The van der Waals surface area contributed by atoms with Gasteiger partial charge in [0.25, 0.3) is 0 Å². The number of imidazole rings is 1. The van der Waals surface area contributed by atoms with Gasteiger partial charge in [0.15, 0.2) is 16.6 Å². The van der Waals surface area contributed by atoms with Crippen molar-refractivity contribution in [1.29, 1.82) is 0 Å². The van der Waals surface area contributed by atoms with E-state index in [4.69, 9.17) is 19.5 Å². The highest BCUT2D eigenvalue weighted by atomic mass is 32.2. The molecule has 2 aromatic rings. The molecule has 13 heteroatoms. The number of fused-ring (bicyclic) bond motifs is 1. The summed E-state index contributed by atoms with van der Waals surface area (Å²) in [5, 5.41) is 9.04. The Balaban J connectivity index is 1.43. The van der Waals surface area contributed by atoms with E-state index in [2.05, 4.69) is 15.0 Å². The number of carbonyl (C=O) groups excluding carboxylic acids is 1. The van der Waals surface area contributed by atoms with Gasteiger partial charge in [-0.15, -0.1) is 9.05 Å². The zero-order valence-electron chi connectivity index (χ0n) is 17.6. The third-order valence-corrected chi connectivity index (χ3v) is 6.88. The third-order valence-electron chi connectivity index (χ3n) is 4.94. The Morgan fingerprint density at radius 3 is 2.94 bits per heavy atom. The smallest absolute Gasteiger partial charge is 0.395 e. The van der Waals surface area contributed by atoms with Crippen LogP contribution in [0.25, 0.3) is 11.2 Å². The third kappa shape index (κ3) is 5.76. The number of thioether (sulfide) groups is 1. The van der Waals surface area contributed by atoms with Crippen LogP contribution < -0.4 is 5.73 Å². The molecule has 0 saturated carbocycles. The minimum Gasteiger partial charge on any atom is -0.395 e. The lowest BCUT2D eigenvalue weighted by atomic mass is 9.97. The van der Waals surface area contributed by atoms with Crippen LogP contribution in [0.1, 0.15) is 33.4 Å². The first kappa shape index (κ1) is 24.0. The molecule has 4 atom stereocenters. The first-order valence-electron chi connectivity index (χ1n) is 9.82. The predicted molar refractivity (Wildman–Crippen MR) is 115 cm³/mol. The van der Waals surface area contributed by atoms with Gasteiger partial charge in [0.2, 0.25) is 0 Å². The summed E-state index contributed by atoms with van der Waals surface area (Å²) in [4.78, 5) is 24.4. The van der Waals surface area contributed by atoms with Crippen LogP contribution in [0, 0.1) is 11.3 Å². The molecular formula is C18H27N5O6PS+. The molecule has 0 amide bonds. The van der Waals surface area contributed by atoms with Crippen molar-refractivity contribution in [3.05, 3.63) is 12.7 Å². The molecule has 1 fully saturated rings. The largest absolute Gasteiger partial charge is 0.697 e. The first-order valence-corrected chi connectivity index (χ1v) is 11.9. The summed E-state index contributed by atoms with van der Waals surface area (Å²) in [5.41, 5.74) is 6.15. The summed E-state index contributed by atoms with van der Waals surface area (Å²) in [6.07, 6.45) is 3.15. The van der Waals surface area contributed by atoms with Gasteiger partial charge in [-0.25, -0.2) is 15.0 Å². The lowest BCUT2D eigenvalue weighted by Crippen LogP contribution is -2.26. The van der Waals surface area contributed by atoms with Gasteiger partial charge in [0, 0.05) is 16.2 Å². The molecular weight excluding hydrogens is 445 g/mol. The van der Waals surface area contributed by atoms with E-state index in [1.54, 1.807) is 20.2 Å². The van der Waals surface area contributed by atoms with E-state index in [0.717, 1.165) is 11.8 Å². The summed E-state index contributed by atoms with van der Waals surface area (Å²) in [5.74, 6) is 0.784. The average molecular weight is 472 g/mol. The zero-order valence-corrected chi connectivity index (χ0v) is 19.3. The number of carbonyl (C=O) groups is 1. The number of aromatic nitrogens is 4. The number of rotatable bonds is 10. The van der Waals surface area contributed by atoms with E-state index in [0.29, 0.717) is 29.2 Å². The predicted octanol–water partition coefficient (Wildman–Crippen LogP) is 2.30. The molecule has 0 bridgehead atoms. The Hall–Kier alpha value is -1.69. The van der Waals surface area contributed by atoms with Crippen LogP contribution in [0.4, 0.5) is 5.82 Å². The average Bonchev–Trinajstić information content (AvgIpc) is 3.33. The van der Waals surface area contributed by atoms with Crippen molar-refractivity contribution in [2.24, 2.45) is 11.3 Å². The molecule has 0 aromatic carbocycles. The van der Waals surface area contributed by atoms with E-state index in [1.165, 1.54) is 6.33 Å². The zero-order chi connectivity index (χ0) is 22.6. The Kier molecular flexibility index (Phi) is 7.95. The van der Waals surface area contributed by atoms with Crippen molar-refractivity contribution < 1.29 is 28.3 Å². The topological polar surface area (TPSA) is 152 Å². The summed E-state index contributed by atoms with van der Waals surface area (Å²) in [7, 11) is -2.33. The minimum absolute atomic E-state index is 0.0970. The van der Waals surface area contributed by atoms with E-state index in [-0.39, 0.29) is 43.2 Å². The molecule has 11 nitrogen and oxygen atoms in total. The van der Waals surface area contributed by atoms with Crippen LogP contribution in [0.15, 0.2) is 12.7 Å². The second-order valence-corrected chi connectivity index (χ2v) is 10.0. The number of hydrogen-bond donors (Lipinski definition) is 2. The molecule has 4 unspecified atom stereocenters. The molecule has 0 spiro atoms. The summed E-state index contributed by atoms with van der Waals surface area (Å²) < 4.78 is 30.3. The van der Waals surface area contributed by atoms with Gasteiger partial charge in [-0.3, -0.25) is 9.36 Å². The molecule has 31 heavy (non-hydrogen) atoms. The monoisotopic (exact) mass is 472 g/mol. The number of aliphatic hydroxyl groups excluding tert-OH is 1. The van der Waals surface area contributed by atoms with Gasteiger partial charge in [-0.2, -0.15) is 0 Å². The molecule has 0 radical (unpaired) electrons. The van der Waals surface area contributed by atoms with Crippen LogP contribution in [-0.2, 0) is 23.1 Å². The van der Waals surface area contributed by atoms with Crippen LogP contribution in [0.2, 0.25) is 0 Å². The number of nitrogen functional groups attached to an aromatic ring is 1.